The molecule has 30 heavy (non-hydrogen) atoms. The SMILES string of the molecule is O=C(CN1N=N[C@H]2C(=O)N(c3ccc(F)cc3)C(=O)[C@H]21)Nc1ccc2c(c1)OCO2. The Morgan fingerprint density at radius 1 is 1.10 bits per heavy atom. The second-order valence-corrected chi connectivity index (χ2v) is 6.80. The molecule has 11 heteroatoms. The number of hydrogen-bond donors (Lipinski definition) is 1. The minimum absolute atomic E-state index is 0.116. The Bertz CT molecular complexity index is 1090. The monoisotopic (exact) mass is 411 g/mol. The van der Waals surface area contributed by atoms with Gasteiger partial charge in [-0.3, -0.25) is 19.4 Å². The molecule has 3 aliphatic rings. The van der Waals surface area contributed by atoms with Gasteiger partial charge >= 0.3 is 0 Å². The highest BCUT2D eigenvalue weighted by molar-refractivity contribution is 6.25. The second-order valence-electron chi connectivity index (χ2n) is 6.80. The summed E-state index contributed by atoms with van der Waals surface area (Å²) < 4.78 is 23.7. The number of nitrogens with zero attached hydrogens (tertiary/aromatic N) is 4. The molecule has 2 atom stereocenters. The predicted octanol–water partition coefficient (Wildman–Crippen LogP) is 1.49. The van der Waals surface area contributed by atoms with E-state index in [2.05, 4.69) is 15.7 Å². The van der Waals surface area contributed by atoms with Crippen molar-refractivity contribution in [2.45, 2.75) is 12.1 Å². The summed E-state index contributed by atoms with van der Waals surface area (Å²) in [6.45, 7) is -0.167. The fourth-order valence-corrected chi connectivity index (χ4v) is 3.52. The number of hydrogen-bond acceptors (Lipinski definition) is 8. The Hall–Kier alpha value is -4.02. The molecule has 0 saturated carbocycles. The van der Waals surface area contributed by atoms with E-state index >= 15 is 0 Å². The van der Waals surface area contributed by atoms with E-state index in [1.54, 1.807) is 18.2 Å². The molecule has 1 N–H and O–H groups in total. The first-order valence-corrected chi connectivity index (χ1v) is 9.01. The Morgan fingerprint density at radius 2 is 1.87 bits per heavy atom. The minimum atomic E-state index is -1.04. The number of anilines is 2. The van der Waals surface area contributed by atoms with Crippen molar-refractivity contribution in [1.82, 2.24) is 5.01 Å². The Balaban J connectivity index is 1.29. The molecule has 3 heterocycles. The van der Waals surface area contributed by atoms with Crippen LogP contribution in [0, 0.1) is 5.82 Å². The van der Waals surface area contributed by atoms with E-state index in [0.29, 0.717) is 17.2 Å². The van der Waals surface area contributed by atoms with Crippen molar-refractivity contribution in [2.75, 3.05) is 23.6 Å². The number of benzene rings is 2. The van der Waals surface area contributed by atoms with Gasteiger partial charge in [0.1, 0.15) is 12.4 Å². The summed E-state index contributed by atoms with van der Waals surface area (Å²) >= 11 is 0. The molecule has 0 bridgehead atoms. The van der Waals surface area contributed by atoms with Crippen LogP contribution in [0.3, 0.4) is 0 Å². The molecule has 0 radical (unpaired) electrons. The zero-order valence-corrected chi connectivity index (χ0v) is 15.3. The smallest absolute Gasteiger partial charge is 0.263 e. The van der Waals surface area contributed by atoms with Gasteiger partial charge in [0.05, 0.1) is 5.69 Å². The summed E-state index contributed by atoms with van der Waals surface area (Å²) in [7, 11) is 0. The van der Waals surface area contributed by atoms with Gasteiger partial charge in [-0.05, 0) is 36.4 Å². The van der Waals surface area contributed by atoms with Crippen LogP contribution in [-0.2, 0) is 14.4 Å². The quantitative estimate of drug-likeness (QED) is 0.763. The average Bonchev–Trinajstić information content (AvgIpc) is 3.41. The molecule has 10 nitrogen and oxygen atoms in total. The first-order valence-electron chi connectivity index (χ1n) is 9.01. The van der Waals surface area contributed by atoms with Gasteiger partial charge in [-0.25, -0.2) is 9.29 Å². The van der Waals surface area contributed by atoms with Crippen molar-refractivity contribution in [2.24, 2.45) is 10.3 Å². The van der Waals surface area contributed by atoms with E-state index in [1.807, 2.05) is 0 Å². The molecular formula is C19H14FN5O5. The molecule has 2 aromatic carbocycles. The van der Waals surface area contributed by atoms with Gasteiger partial charge < -0.3 is 14.8 Å². The van der Waals surface area contributed by atoms with E-state index in [0.717, 1.165) is 17.0 Å². The fourth-order valence-electron chi connectivity index (χ4n) is 3.52. The third kappa shape index (κ3) is 2.91. The lowest BCUT2D eigenvalue weighted by Gasteiger charge is -2.20. The van der Waals surface area contributed by atoms with Crippen LogP contribution >= 0.6 is 0 Å². The van der Waals surface area contributed by atoms with Gasteiger partial charge in [0, 0.05) is 11.8 Å². The maximum Gasteiger partial charge on any atom is 0.263 e. The van der Waals surface area contributed by atoms with E-state index in [1.165, 1.54) is 17.1 Å². The average molecular weight is 411 g/mol. The van der Waals surface area contributed by atoms with Crippen LogP contribution in [0.4, 0.5) is 15.8 Å². The zero-order valence-electron chi connectivity index (χ0n) is 15.3. The van der Waals surface area contributed by atoms with Crippen LogP contribution < -0.4 is 19.7 Å². The van der Waals surface area contributed by atoms with E-state index in [9.17, 15) is 18.8 Å². The molecular weight excluding hydrogens is 397 g/mol. The highest BCUT2D eigenvalue weighted by Gasteiger charge is 2.55. The Morgan fingerprint density at radius 3 is 2.67 bits per heavy atom. The third-order valence-corrected chi connectivity index (χ3v) is 4.90. The maximum absolute atomic E-state index is 13.2. The van der Waals surface area contributed by atoms with Crippen molar-refractivity contribution in [3.8, 4) is 11.5 Å². The summed E-state index contributed by atoms with van der Waals surface area (Å²) in [6, 6.07) is 7.86. The van der Waals surface area contributed by atoms with E-state index in [4.69, 9.17) is 9.47 Å². The summed E-state index contributed by atoms with van der Waals surface area (Å²) in [5, 5.41) is 11.5. The van der Waals surface area contributed by atoms with Gasteiger partial charge in [-0.15, -0.1) is 0 Å². The zero-order chi connectivity index (χ0) is 20.8. The molecule has 0 unspecified atom stereocenters. The standard InChI is InChI=1S/C19H14FN5O5/c20-10-1-4-12(5-2-10)25-18(27)16-17(19(25)28)24(23-22-16)8-15(26)21-11-3-6-13-14(7-11)30-9-29-13/h1-7,16-17H,8-9H2,(H,21,26)/t16-,17+/m1/s1. The van der Waals surface area contributed by atoms with Gasteiger partial charge in [0.15, 0.2) is 23.6 Å². The van der Waals surface area contributed by atoms with Crippen LogP contribution in [0.1, 0.15) is 0 Å². The highest BCUT2D eigenvalue weighted by Crippen LogP contribution is 2.35. The Labute approximate surface area is 168 Å². The van der Waals surface area contributed by atoms with Crippen LogP contribution in [0.25, 0.3) is 0 Å². The van der Waals surface area contributed by atoms with Gasteiger partial charge in [-0.2, -0.15) is 5.11 Å². The van der Waals surface area contributed by atoms with Crippen LogP contribution in [0.2, 0.25) is 0 Å². The predicted molar refractivity (Wildman–Crippen MR) is 99.2 cm³/mol. The first kappa shape index (κ1) is 18.0. The number of nitrogens with one attached hydrogen (secondary N) is 1. The summed E-state index contributed by atoms with van der Waals surface area (Å²) in [4.78, 5) is 38.9. The van der Waals surface area contributed by atoms with Gasteiger partial charge in [0.2, 0.25) is 12.7 Å². The molecule has 0 spiro atoms. The molecule has 3 amide bonds. The van der Waals surface area contributed by atoms with Crippen LogP contribution in [-0.4, -0.2) is 48.2 Å². The fraction of sp³-hybridized carbons (Fsp3) is 0.211. The largest absolute Gasteiger partial charge is 0.454 e. The van der Waals surface area contributed by atoms with E-state index in [-0.39, 0.29) is 19.0 Å². The topological polar surface area (TPSA) is 113 Å². The molecule has 3 aliphatic heterocycles. The number of imide groups is 1. The van der Waals surface area contributed by atoms with Crippen molar-refractivity contribution >= 4 is 29.1 Å². The van der Waals surface area contributed by atoms with Crippen LogP contribution in [0.15, 0.2) is 52.8 Å². The molecule has 2 aromatic rings. The summed E-state index contributed by atoms with van der Waals surface area (Å²) in [6.07, 6.45) is 0. The van der Waals surface area contributed by atoms with E-state index < -0.39 is 35.6 Å². The number of carbonyl (C=O) groups excluding carboxylic acids is 3. The first-order chi connectivity index (χ1) is 14.5. The summed E-state index contributed by atoms with van der Waals surface area (Å²) in [5.74, 6) is -0.981. The number of ether oxygens (including phenoxy) is 2. The second kappa shape index (κ2) is 6.79. The number of fused-ring (bicyclic) bond motifs is 2. The molecule has 152 valence electrons. The summed E-state index contributed by atoms with van der Waals surface area (Å²) in [5.41, 5.74) is 0.722. The lowest BCUT2D eigenvalue weighted by atomic mass is 10.1. The number of halogens is 1. The molecule has 0 aliphatic carbocycles. The number of rotatable bonds is 4. The minimum Gasteiger partial charge on any atom is -0.454 e. The molecule has 5 rings (SSSR count). The Kier molecular flexibility index (Phi) is 4.09. The third-order valence-electron chi connectivity index (χ3n) is 4.90. The van der Waals surface area contributed by atoms with Crippen molar-refractivity contribution in [1.29, 1.82) is 0 Å². The van der Waals surface area contributed by atoms with Gasteiger partial charge in [-0.1, -0.05) is 5.22 Å². The normalized spacial score (nSPS) is 21.4. The lowest BCUT2D eigenvalue weighted by molar-refractivity contribution is -0.123. The number of carbonyl (C=O) groups is 3. The molecule has 1 fully saturated rings. The van der Waals surface area contributed by atoms with Crippen molar-refractivity contribution in [3.63, 3.8) is 0 Å². The number of amides is 3. The van der Waals surface area contributed by atoms with Gasteiger partial charge in [0.25, 0.3) is 11.8 Å². The molecule has 0 aromatic heterocycles. The van der Waals surface area contributed by atoms with Crippen LogP contribution in [0.5, 0.6) is 11.5 Å². The van der Waals surface area contributed by atoms with Crippen molar-refractivity contribution in [3.05, 3.63) is 48.3 Å². The maximum atomic E-state index is 13.2. The molecule has 1 saturated heterocycles. The lowest BCUT2D eigenvalue weighted by Crippen LogP contribution is -2.43. The highest BCUT2D eigenvalue weighted by atomic mass is 19.1. The van der Waals surface area contributed by atoms with Crippen molar-refractivity contribution < 1.29 is 28.2 Å².